The number of hydrogen-bond acceptors (Lipinski definition) is 2. The molecule has 1 N–H and O–H groups in total. The summed E-state index contributed by atoms with van der Waals surface area (Å²) < 4.78 is 4.95. The van der Waals surface area contributed by atoms with E-state index in [1.165, 1.54) is 0 Å². The van der Waals surface area contributed by atoms with Gasteiger partial charge in [-0.15, -0.1) is 0 Å². The van der Waals surface area contributed by atoms with E-state index in [1.807, 2.05) is 0 Å². The Labute approximate surface area is 87.2 Å². The molecule has 0 aliphatic carbocycles. The molecule has 14 heavy (non-hydrogen) atoms. The molecule has 2 unspecified atom stereocenters. The molecule has 0 rings (SSSR count). The van der Waals surface area contributed by atoms with Gasteiger partial charge in [-0.05, 0) is 19.8 Å². The summed E-state index contributed by atoms with van der Waals surface area (Å²) in [5, 5.41) is 2.97. The molecule has 1 amide bonds. The van der Waals surface area contributed by atoms with Crippen LogP contribution in [-0.2, 0) is 9.53 Å². The van der Waals surface area contributed by atoms with E-state index < -0.39 is 0 Å². The summed E-state index contributed by atoms with van der Waals surface area (Å²) in [6, 6.07) is 0.232. The van der Waals surface area contributed by atoms with Crippen molar-refractivity contribution in [3.05, 3.63) is 0 Å². The maximum absolute atomic E-state index is 11.5. The van der Waals surface area contributed by atoms with Gasteiger partial charge in [0.15, 0.2) is 0 Å². The molecule has 0 bridgehead atoms. The van der Waals surface area contributed by atoms with Crippen molar-refractivity contribution in [3.8, 4) is 0 Å². The molecule has 0 heterocycles. The Balaban J connectivity index is 4.03. The number of nitrogens with one attached hydrogen (secondary N) is 1. The maximum Gasteiger partial charge on any atom is 0.249 e. The van der Waals surface area contributed by atoms with Crippen molar-refractivity contribution in [1.29, 1.82) is 0 Å². The van der Waals surface area contributed by atoms with Crippen LogP contribution in [0.5, 0.6) is 0 Å². The Bertz CT molecular complexity index is 167. The fourth-order valence-electron chi connectivity index (χ4n) is 1.56. The van der Waals surface area contributed by atoms with Crippen LogP contribution in [0.2, 0.25) is 0 Å². The summed E-state index contributed by atoms with van der Waals surface area (Å²) in [5.74, 6) is 0.537. The zero-order valence-corrected chi connectivity index (χ0v) is 9.96. The van der Waals surface area contributed by atoms with Crippen molar-refractivity contribution in [2.75, 3.05) is 7.11 Å². The van der Waals surface area contributed by atoms with Crippen LogP contribution in [-0.4, -0.2) is 25.2 Å². The molecule has 3 heteroatoms. The molecule has 0 aromatic heterocycles. The Morgan fingerprint density at radius 1 is 1.29 bits per heavy atom. The minimum Gasteiger partial charge on any atom is -0.372 e. The van der Waals surface area contributed by atoms with E-state index in [0.717, 1.165) is 12.8 Å². The van der Waals surface area contributed by atoms with Gasteiger partial charge >= 0.3 is 0 Å². The van der Waals surface area contributed by atoms with Gasteiger partial charge in [-0.1, -0.05) is 26.7 Å². The van der Waals surface area contributed by atoms with Gasteiger partial charge in [0, 0.05) is 13.2 Å². The monoisotopic (exact) mass is 201 g/mol. The Kier molecular flexibility index (Phi) is 6.54. The van der Waals surface area contributed by atoms with Crippen LogP contribution in [0.3, 0.4) is 0 Å². The Morgan fingerprint density at radius 3 is 2.14 bits per heavy atom. The number of carbonyl (C=O) groups is 1. The third-order valence-electron chi connectivity index (χ3n) is 2.85. The van der Waals surface area contributed by atoms with Crippen LogP contribution in [0, 0.1) is 5.92 Å². The quantitative estimate of drug-likeness (QED) is 0.713. The predicted molar refractivity (Wildman–Crippen MR) is 58.1 cm³/mol. The first-order valence-corrected chi connectivity index (χ1v) is 5.39. The normalized spacial score (nSPS) is 15.3. The second kappa shape index (κ2) is 6.82. The second-order valence-corrected chi connectivity index (χ2v) is 3.75. The molecule has 0 radical (unpaired) electrons. The molecule has 0 aliphatic heterocycles. The van der Waals surface area contributed by atoms with Gasteiger partial charge in [0.25, 0.3) is 0 Å². The number of ether oxygens (including phenoxy) is 1. The number of methoxy groups -OCH3 is 1. The van der Waals surface area contributed by atoms with Crippen molar-refractivity contribution in [1.82, 2.24) is 5.32 Å². The topological polar surface area (TPSA) is 38.3 Å². The summed E-state index contributed by atoms with van der Waals surface area (Å²) in [6.45, 7) is 8.11. The third kappa shape index (κ3) is 4.09. The van der Waals surface area contributed by atoms with Crippen LogP contribution in [0.4, 0.5) is 0 Å². The fraction of sp³-hybridized carbons (Fsp3) is 0.909. The molecular formula is C11H23NO2. The lowest BCUT2D eigenvalue weighted by atomic mass is 9.95. The summed E-state index contributed by atoms with van der Waals surface area (Å²) in [5.41, 5.74) is 0. The van der Waals surface area contributed by atoms with Gasteiger partial charge < -0.3 is 10.1 Å². The molecule has 0 aromatic carbocycles. The summed E-state index contributed by atoms with van der Waals surface area (Å²) in [7, 11) is 1.55. The molecule has 0 aromatic rings. The van der Waals surface area contributed by atoms with E-state index in [2.05, 4.69) is 26.1 Å². The first kappa shape index (κ1) is 13.4. The zero-order valence-electron chi connectivity index (χ0n) is 9.96. The largest absolute Gasteiger partial charge is 0.372 e. The lowest BCUT2D eigenvalue weighted by Gasteiger charge is -2.23. The van der Waals surface area contributed by atoms with Crippen molar-refractivity contribution in [3.63, 3.8) is 0 Å². The van der Waals surface area contributed by atoms with Crippen molar-refractivity contribution >= 4 is 5.91 Å². The Hall–Kier alpha value is -0.570. The number of hydrogen-bond donors (Lipinski definition) is 1. The first-order valence-electron chi connectivity index (χ1n) is 5.39. The summed E-state index contributed by atoms with van der Waals surface area (Å²) in [4.78, 5) is 11.5. The van der Waals surface area contributed by atoms with Gasteiger partial charge in [0.2, 0.25) is 5.91 Å². The van der Waals surface area contributed by atoms with E-state index in [0.29, 0.717) is 5.92 Å². The molecule has 0 saturated carbocycles. The molecule has 3 nitrogen and oxygen atoms in total. The number of carbonyl (C=O) groups excluding carboxylic acids is 1. The van der Waals surface area contributed by atoms with Crippen molar-refractivity contribution in [2.24, 2.45) is 5.92 Å². The highest BCUT2D eigenvalue weighted by atomic mass is 16.5. The summed E-state index contributed by atoms with van der Waals surface area (Å²) >= 11 is 0. The lowest BCUT2D eigenvalue weighted by molar-refractivity contribution is -0.131. The third-order valence-corrected chi connectivity index (χ3v) is 2.85. The molecule has 0 saturated heterocycles. The van der Waals surface area contributed by atoms with Crippen molar-refractivity contribution < 1.29 is 9.53 Å². The van der Waals surface area contributed by atoms with E-state index in [4.69, 9.17) is 4.74 Å². The molecule has 84 valence electrons. The highest BCUT2D eigenvalue weighted by Gasteiger charge is 2.18. The first-order chi connectivity index (χ1) is 6.56. The standard InChI is InChI=1S/C11H23NO2/c1-6-10(7-2)8(3)12-11(13)9(4)14-5/h8-10H,6-7H2,1-5H3,(H,12,13). The Morgan fingerprint density at radius 2 is 1.79 bits per heavy atom. The highest BCUT2D eigenvalue weighted by molar-refractivity contribution is 5.80. The average molecular weight is 201 g/mol. The molecule has 0 fully saturated rings. The SMILES string of the molecule is CCC(CC)C(C)NC(=O)C(C)OC. The summed E-state index contributed by atoms with van der Waals surface area (Å²) in [6.07, 6.45) is 1.84. The second-order valence-electron chi connectivity index (χ2n) is 3.75. The van der Waals surface area contributed by atoms with Gasteiger partial charge in [0.1, 0.15) is 6.10 Å². The van der Waals surface area contributed by atoms with Gasteiger partial charge in [-0.3, -0.25) is 4.79 Å². The van der Waals surface area contributed by atoms with Crippen molar-refractivity contribution in [2.45, 2.75) is 52.7 Å². The van der Waals surface area contributed by atoms with Gasteiger partial charge in [-0.25, -0.2) is 0 Å². The number of amides is 1. The van der Waals surface area contributed by atoms with E-state index >= 15 is 0 Å². The minimum atomic E-state index is -0.355. The molecule has 0 aliphatic rings. The predicted octanol–water partition coefficient (Wildman–Crippen LogP) is 1.96. The zero-order chi connectivity index (χ0) is 11.1. The van der Waals surface area contributed by atoms with Crippen LogP contribution in [0.1, 0.15) is 40.5 Å². The smallest absolute Gasteiger partial charge is 0.249 e. The van der Waals surface area contributed by atoms with Crippen LogP contribution in [0.25, 0.3) is 0 Å². The highest BCUT2D eigenvalue weighted by Crippen LogP contribution is 2.12. The minimum absolute atomic E-state index is 0.0214. The van der Waals surface area contributed by atoms with Crippen LogP contribution in [0.15, 0.2) is 0 Å². The molecular weight excluding hydrogens is 178 g/mol. The van der Waals surface area contributed by atoms with Gasteiger partial charge in [-0.2, -0.15) is 0 Å². The molecule has 0 spiro atoms. The molecule has 2 atom stereocenters. The maximum atomic E-state index is 11.5. The van der Waals surface area contributed by atoms with Crippen LogP contribution < -0.4 is 5.32 Å². The average Bonchev–Trinajstić information content (AvgIpc) is 2.18. The van der Waals surface area contributed by atoms with Crippen LogP contribution >= 0.6 is 0 Å². The number of rotatable bonds is 6. The fourth-order valence-corrected chi connectivity index (χ4v) is 1.56. The van der Waals surface area contributed by atoms with Gasteiger partial charge in [0.05, 0.1) is 0 Å². The van der Waals surface area contributed by atoms with E-state index in [-0.39, 0.29) is 18.1 Å². The van der Waals surface area contributed by atoms with E-state index in [9.17, 15) is 4.79 Å². The van der Waals surface area contributed by atoms with E-state index in [1.54, 1.807) is 14.0 Å². The lowest BCUT2D eigenvalue weighted by Crippen LogP contribution is -2.42.